The lowest BCUT2D eigenvalue weighted by Crippen LogP contribution is -2.45. The maximum atomic E-state index is 11.7. The van der Waals surface area contributed by atoms with Gasteiger partial charge in [0.25, 0.3) is 0 Å². The molecule has 94 valence electrons. The summed E-state index contributed by atoms with van der Waals surface area (Å²) in [4.78, 5) is 23.9. The highest BCUT2D eigenvalue weighted by atomic mass is 16.6. The Morgan fingerprint density at radius 1 is 1.31 bits per heavy atom. The maximum Gasteiger partial charge on any atom is 0.410 e. The van der Waals surface area contributed by atoms with Crippen molar-refractivity contribution in [3.63, 3.8) is 0 Å². The molecule has 0 saturated heterocycles. The van der Waals surface area contributed by atoms with E-state index >= 15 is 0 Å². The second kappa shape index (κ2) is 7.09. The summed E-state index contributed by atoms with van der Waals surface area (Å²) in [5.74, 6) is -0.901. The van der Waals surface area contributed by atoms with E-state index in [1.54, 1.807) is 6.92 Å². The van der Waals surface area contributed by atoms with Crippen molar-refractivity contribution in [1.82, 2.24) is 4.90 Å². The van der Waals surface area contributed by atoms with Gasteiger partial charge in [0.2, 0.25) is 0 Å². The first kappa shape index (κ1) is 14.7. The van der Waals surface area contributed by atoms with Crippen molar-refractivity contribution in [1.29, 1.82) is 0 Å². The Hall–Kier alpha value is -1.26. The Bertz CT molecular complexity index is 240. The van der Waals surface area contributed by atoms with Crippen molar-refractivity contribution in [2.45, 2.75) is 52.6 Å². The predicted molar refractivity (Wildman–Crippen MR) is 60.3 cm³/mol. The van der Waals surface area contributed by atoms with Crippen LogP contribution in [0.5, 0.6) is 0 Å². The van der Waals surface area contributed by atoms with Crippen molar-refractivity contribution in [2.24, 2.45) is 0 Å². The molecule has 0 aromatic rings. The molecule has 0 aromatic carbocycles. The summed E-state index contributed by atoms with van der Waals surface area (Å²) in [6, 6.07) is -0.375. The Balaban J connectivity index is 4.71. The zero-order chi connectivity index (χ0) is 12.7. The van der Waals surface area contributed by atoms with Gasteiger partial charge in [-0.2, -0.15) is 0 Å². The number of carboxylic acids is 1. The average molecular weight is 231 g/mol. The third-order valence-electron chi connectivity index (χ3n) is 2.31. The minimum atomic E-state index is -0.901. The third kappa shape index (κ3) is 4.51. The van der Waals surface area contributed by atoms with Crippen LogP contribution >= 0.6 is 0 Å². The number of aliphatic carboxylic acids is 1. The topological polar surface area (TPSA) is 66.8 Å². The molecule has 0 aliphatic heterocycles. The third-order valence-corrected chi connectivity index (χ3v) is 2.31. The molecule has 1 N–H and O–H groups in total. The number of carbonyl (C=O) groups excluding carboxylic acids is 1. The molecule has 0 fully saturated rings. The van der Waals surface area contributed by atoms with Gasteiger partial charge in [-0.25, -0.2) is 4.79 Å². The van der Waals surface area contributed by atoms with E-state index in [2.05, 4.69) is 0 Å². The van der Waals surface area contributed by atoms with Gasteiger partial charge < -0.3 is 14.7 Å². The Morgan fingerprint density at radius 3 is 2.19 bits per heavy atom. The number of nitrogens with zero attached hydrogens (tertiary/aromatic N) is 1. The van der Waals surface area contributed by atoms with Crippen LogP contribution in [0.2, 0.25) is 0 Å². The zero-order valence-electron chi connectivity index (χ0n) is 10.4. The van der Waals surface area contributed by atoms with E-state index in [9.17, 15) is 9.59 Å². The number of carboxylic acid groups (broad SMARTS) is 1. The molecule has 5 nitrogen and oxygen atoms in total. The summed E-state index contributed by atoms with van der Waals surface area (Å²) in [6.45, 7) is 7.59. The van der Waals surface area contributed by atoms with Crippen molar-refractivity contribution in [2.75, 3.05) is 6.61 Å². The first-order chi connectivity index (χ1) is 7.43. The van der Waals surface area contributed by atoms with E-state index < -0.39 is 12.1 Å². The minimum Gasteiger partial charge on any atom is -0.481 e. The van der Waals surface area contributed by atoms with Gasteiger partial charge in [-0.3, -0.25) is 4.79 Å². The highest BCUT2D eigenvalue weighted by molar-refractivity contribution is 5.71. The van der Waals surface area contributed by atoms with Gasteiger partial charge in [0, 0.05) is 12.1 Å². The lowest BCUT2D eigenvalue weighted by molar-refractivity contribution is -0.138. The summed E-state index contributed by atoms with van der Waals surface area (Å²) in [7, 11) is 0. The molecule has 0 spiro atoms. The van der Waals surface area contributed by atoms with Crippen molar-refractivity contribution >= 4 is 12.1 Å². The molecule has 0 bridgehead atoms. The molecule has 0 aromatic heterocycles. The highest BCUT2D eigenvalue weighted by Gasteiger charge is 2.27. The van der Waals surface area contributed by atoms with E-state index in [0.29, 0.717) is 13.0 Å². The molecular weight excluding hydrogens is 210 g/mol. The molecule has 0 radical (unpaired) electrons. The standard InChI is InChI=1S/C11H21NO4/c1-5-9(7-10(13)14)12(8(3)4)11(15)16-6-2/h8-9H,5-7H2,1-4H3,(H,13,14). The Morgan fingerprint density at radius 2 is 1.88 bits per heavy atom. The van der Waals surface area contributed by atoms with Gasteiger partial charge >= 0.3 is 12.1 Å². The maximum absolute atomic E-state index is 11.7. The number of rotatable bonds is 6. The molecule has 16 heavy (non-hydrogen) atoms. The van der Waals surface area contributed by atoms with Gasteiger partial charge in [0.05, 0.1) is 13.0 Å². The van der Waals surface area contributed by atoms with Gasteiger partial charge in [-0.15, -0.1) is 0 Å². The molecule has 1 unspecified atom stereocenters. The molecule has 1 atom stereocenters. The second-order valence-electron chi connectivity index (χ2n) is 3.86. The van der Waals surface area contributed by atoms with E-state index in [4.69, 9.17) is 9.84 Å². The van der Waals surface area contributed by atoms with E-state index in [0.717, 1.165) is 0 Å². The van der Waals surface area contributed by atoms with E-state index in [-0.39, 0.29) is 18.5 Å². The molecule has 0 saturated carbocycles. The lowest BCUT2D eigenvalue weighted by atomic mass is 10.1. The van der Waals surface area contributed by atoms with Crippen molar-refractivity contribution in [3.05, 3.63) is 0 Å². The number of carbonyl (C=O) groups is 2. The van der Waals surface area contributed by atoms with Crippen LogP contribution in [0.15, 0.2) is 0 Å². The normalized spacial score (nSPS) is 12.3. The zero-order valence-corrected chi connectivity index (χ0v) is 10.4. The number of hydrogen-bond donors (Lipinski definition) is 1. The van der Waals surface area contributed by atoms with Crippen LogP contribution < -0.4 is 0 Å². The van der Waals surface area contributed by atoms with Crippen LogP contribution in [-0.4, -0.2) is 40.8 Å². The smallest absolute Gasteiger partial charge is 0.410 e. The monoisotopic (exact) mass is 231 g/mol. The van der Waals surface area contributed by atoms with Gasteiger partial charge in [-0.1, -0.05) is 6.92 Å². The molecule has 0 heterocycles. The fourth-order valence-electron chi connectivity index (χ4n) is 1.62. The number of ether oxygens (including phenoxy) is 1. The van der Waals surface area contributed by atoms with Crippen molar-refractivity contribution in [3.8, 4) is 0 Å². The van der Waals surface area contributed by atoms with Crippen LogP contribution in [-0.2, 0) is 9.53 Å². The fourth-order valence-corrected chi connectivity index (χ4v) is 1.62. The SMILES string of the molecule is CCOC(=O)N(C(C)C)C(CC)CC(=O)O. The predicted octanol–water partition coefficient (Wildman–Crippen LogP) is 2.11. The largest absolute Gasteiger partial charge is 0.481 e. The van der Waals surface area contributed by atoms with Crippen LogP contribution in [0.1, 0.15) is 40.5 Å². The summed E-state index contributed by atoms with van der Waals surface area (Å²) in [5.41, 5.74) is 0. The van der Waals surface area contributed by atoms with Crippen LogP contribution in [0.25, 0.3) is 0 Å². The van der Waals surface area contributed by atoms with E-state index in [1.807, 2.05) is 20.8 Å². The van der Waals surface area contributed by atoms with Gasteiger partial charge in [0.15, 0.2) is 0 Å². The van der Waals surface area contributed by atoms with Crippen LogP contribution in [0, 0.1) is 0 Å². The molecule has 0 aliphatic carbocycles. The first-order valence-corrected chi connectivity index (χ1v) is 5.60. The van der Waals surface area contributed by atoms with E-state index in [1.165, 1.54) is 4.90 Å². The fraction of sp³-hybridized carbons (Fsp3) is 0.818. The number of amides is 1. The Labute approximate surface area is 96.4 Å². The van der Waals surface area contributed by atoms with Crippen LogP contribution in [0.4, 0.5) is 4.79 Å². The highest BCUT2D eigenvalue weighted by Crippen LogP contribution is 2.14. The molecule has 1 amide bonds. The van der Waals surface area contributed by atoms with Crippen LogP contribution in [0.3, 0.4) is 0 Å². The quantitative estimate of drug-likeness (QED) is 0.760. The molecule has 5 heteroatoms. The first-order valence-electron chi connectivity index (χ1n) is 5.60. The summed E-state index contributed by atoms with van der Waals surface area (Å²) in [5, 5.41) is 8.78. The summed E-state index contributed by atoms with van der Waals surface area (Å²) < 4.78 is 4.92. The second-order valence-corrected chi connectivity index (χ2v) is 3.86. The minimum absolute atomic E-state index is 0.0481. The summed E-state index contributed by atoms with van der Waals surface area (Å²) in [6.07, 6.45) is 0.113. The lowest BCUT2D eigenvalue weighted by Gasteiger charge is -2.32. The molecule has 0 rings (SSSR count). The molecule has 0 aliphatic rings. The van der Waals surface area contributed by atoms with Crippen molar-refractivity contribution < 1.29 is 19.4 Å². The number of hydrogen-bond acceptors (Lipinski definition) is 3. The Kier molecular flexibility index (Phi) is 6.53. The summed E-state index contributed by atoms with van der Waals surface area (Å²) >= 11 is 0. The average Bonchev–Trinajstić information content (AvgIpc) is 2.15. The van der Waals surface area contributed by atoms with Gasteiger partial charge in [0.1, 0.15) is 0 Å². The molecular formula is C11H21NO4. The van der Waals surface area contributed by atoms with Gasteiger partial charge in [-0.05, 0) is 27.2 Å².